The first kappa shape index (κ1) is 17.1. The van der Waals surface area contributed by atoms with Gasteiger partial charge >= 0.3 is 0 Å². The van der Waals surface area contributed by atoms with Crippen molar-refractivity contribution in [3.8, 4) is 11.5 Å². The van der Waals surface area contributed by atoms with Crippen LogP contribution in [-0.4, -0.2) is 37.1 Å². The van der Waals surface area contributed by atoms with Crippen molar-refractivity contribution in [1.29, 1.82) is 0 Å². The van der Waals surface area contributed by atoms with Crippen LogP contribution >= 0.6 is 11.6 Å². The Morgan fingerprint density at radius 2 is 1.87 bits per heavy atom. The summed E-state index contributed by atoms with van der Waals surface area (Å²) in [5, 5.41) is 0.361. The molecular formula is C17H19ClN2O3. The summed E-state index contributed by atoms with van der Waals surface area (Å²) in [4.78, 5) is 18.0. The Morgan fingerprint density at radius 3 is 2.43 bits per heavy atom. The molecule has 0 spiro atoms. The van der Waals surface area contributed by atoms with Gasteiger partial charge in [-0.1, -0.05) is 11.6 Å². The first-order valence-corrected chi connectivity index (χ1v) is 7.42. The van der Waals surface area contributed by atoms with Gasteiger partial charge in [-0.05, 0) is 42.3 Å². The van der Waals surface area contributed by atoms with E-state index in [9.17, 15) is 4.79 Å². The fraction of sp³-hybridized carbons (Fsp3) is 0.294. The van der Waals surface area contributed by atoms with E-state index in [1.165, 1.54) is 6.20 Å². The summed E-state index contributed by atoms with van der Waals surface area (Å²) < 4.78 is 10.6. The molecule has 0 N–H and O–H groups in total. The Bertz CT molecular complexity index is 702. The first-order valence-electron chi connectivity index (χ1n) is 7.04. The number of methoxy groups -OCH3 is 2. The smallest absolute Gasteiger partial charge is 0.255 e. The highest BCUT2D eigenvalue weighted by Gasteiger charge is 2.15. The molecule has 23 heavy (non-hydrogen) atoms. The van der Waals surface area contributed by atoms with E-state index in [1.54, 1.807) is 38.3 Å². The van der Waals surface area contributed by atoms with Crippen LogP contribution in [-0.2, 0) is 6.54 Å². The average Bonchev–Trinajstić information content (AvgIpc) is 2.56. The molecule has 0 saturated carbocycles. The molecule has 0 aliphatic rings. The fourth-order valence-electron chi connectivity index (χ4n) is 2.24. The number of benzene rings is 1. The van der Waals surface area contributed by atoms with Gasteiger partial charge in [0.15, 0.2) is 11.5 Å². The van der Waals surface area contributed by atoms with Crippen molar-refractivity contribution < 1.29 is 14.3 Å². The standard InChI is InChI=1S/C17H19ClN2O3/c1-11-7-14(22-3)15(23-4)8-13(11)10-20(2)17(21)12-5-6-16(18)19-9-12/h5-9H,10H2,1-4H3. The topological polar surface area (TPSA) is 51.7 Å². The lowest BCUT2D eigenvalue weighted by Gasteiger charge is -2.20. The van der Waals surface area contributed by atoms with Crippen LogP contribution in [0.5, 0.6) is 11.5 Å². The van der Waals surface area contributed by atoms with E-state index in [0.29, 0.717) is 28.8 Å². The predicted molar refractivity (Wildman–Crippen MR) is 89.3 cm³/mol. The van der Waals surface area contributed by atoms with E-state index in [0.717, 1.165) is 11.1 Å². The molecule has 1 amide bonds. The van der Waals surface area contributed by atoms with E-state index in [1.807, 2.05) is 19.1 Å². The van der Waals surface area contributed by atoms with Gasteiger partial charge in [0.05, 0.1) is 19.8 Å². The molecule has 1 aromatic carbocycles. The minimum absolute atomic E-state index is 0.122. The van der Waals surface area contributed by atoms with Crippen LogP contribution in [0, 0.1) is 6.92 Å². The molecule has 0 aliphatic carbocycles. The molecule has 1 heterocycles. The summed E-state index contributed by atoms with van der Waals surface area (Å²) in [6.45, 7) is 2.42. The normalized spacial score (nSPS) is 10.3. The minimum atomic E-state index is -0.122. The van der Waals surface area contributed by atoms with Crippen LogP contribution in [0.3, 0.4) is 0 Å². The Kier molecular flexibility index (Phi) is 5.45. The van der Waals surface area contributed by atoms with Gasteiger partial charge in [-0.15, -0.1) is 0 Å². The van der Waals surface area contributed by atoms with Gasteiger partial charge in [-0.25, -0.2) is 4.98 Å². The monoisotopic (exact) mass is 334 g/mol. The molecule has 0 saturated heterocycles. The van der Waals surface area contributed by atoms with Crippen molar-refractivity contribution >= 4 is 17.5 Å². The summed E-state index contributed by atoms with van der Waals surface area (Å²) in [5.74, 6) is 1.19. The van der Waals surface area contributed by atoms with Gasteiger partial charge in [0, 0.05) is 19.8 Å². The van der Waals surface area contributed by atoms with Crippen LogP contribution in [0.1, 0.15) is 21.5 Å². The number of aryl methyl sites for hydroxylation is 1. The second kappa shape index (κ2) is 7.33. The van der Waals surface area contributed by atoms with E-state index in [2.05, 4.69) is 4.98 Å². The van der Waals surface area contributed by atoms with Crippen molar-refractivity contribution in [2.75, 3.05) is 21.3 Å². The van der Waals surface area contributed by atoms with Crippen molar-refractivity contribution in [2.24, 2.45) is 0 Å². The summed E-state index contributed by atoms with van der Waals surface area (Å²) in [5.41, 5.74) is 2.51. The molecule has 1 aromatic heterocycles. The number of ether oxygens (including phenoxy) is 2. The lowest BCUT2D eigenvalue weighted by atomic mass is 10.1. The molecule has 0 aliphatic heterocycles. The maximum Gasteiger partial charge on any atom is 0.255 e. The number of hydrogen-bond acceptors (Lipinski definition) is 4. The highest BCUT2D eigenvalue weighted by atomic mass is 35.5. The first-order chi connectivity index (χ1) is 11.0. The third-order valence-corrected chi connectivity index (χ3v) is 3.79. The molecule has 2 rings (SSSR count). The molecule has 2 aromatic rings. The summed E-state index contributed by atoms with van der Waals surface area (Å²) in [6.07, 6.45) is 1.47. The highest BCUT2D eigenvalue weighted by Crippen LogP contribution is 2.30. The highest BCUT2D eigenvalue weighted by molar-refractivity contribution is 6.29. The van der Waals surface area contributed by atoms with Gasteiger partial charge in [0.1, 0.15) is 5.15 Å². The van der Waals surface area contributed by atoms with Gasteiger partial charge < -0.3 is 14.4 Å². The fourth-order valence-corrected chi connectivity index (χ4v) is 2.35. The summed E-state index contributed by atoms with van der Waals surface area (Å²) in [6, 6.07) is 7.05. The molecule has 0 radical (unpaired) electrons. The number of carbonyl (C=O) groups excluding carboxylic acids is 1. The van der Waals surface area contributed by atoms with Crippen molar-refractivity contribution in [1.82, 2.24) is 9.88 Å². The molecule has 5 nitrogen and oxygen atoms in total. The Labute approximate surface area is 140 Å². The van der Waals surface area contributed by atoms with E-state index >= 15 is 0 Å². The maximum atomic E-state index is 12.4. The maximum absolute atomic E-state index is 12.4. The van der Waals surface area contributed by atoms with Crippen molar-refractivity contribution in [3.05, 3.63) is 52.3 Å². The zero-order valence-corrected chi connectivity index (χ0v) is 14.3. The van der Waals surface area contributed by atoms with Crippen LogP contribution in [0.4, 0.5) is 0 Å². The zero-order valence-electron chi connectivity index (χ0n) is 13.6. The van der Waals surface area contributed by atoms with Gasteiger partial charge in [-0.3, -0.25) is 4.79 Å². The van der Waals surface area contributed by atoms with Gasteiger partial charge in [0.2, 0.25) is 0 Å². The quantitative estimate of drug-likeness (QED) is 0.787. The lowest BCUT2D eigenvalue weighted by Crippen LogP contribution is -2.26. The molecule has 0 unspecified atom stereocenters. The number of amides is 1. The number of halogens is 1. The lowest BCUT2D eigenvalue weighted by molar-refractivity contribution is 0.0784. The van der Waals surface area contributed by atoms with Crippen LogP contribution in [0.25, 0.3) is 0 Å². The predicted octanol–water partition coefficient (Wildman–Crippen LogP) is 3.33. The van der Waals surface area contributed by atoms with Crippen LogP contribution in [0.2, 0.25) is 5.15 Å². The number of carbonyl (C=O) groups is 1. The third kappa shape index (κ3) is 3.93. The third-order valence-electron chi connectivity index (χ3n) is 3.57. The molecule has 0 fully saturated rings. The molecule has 6 heteroatoms. The van der Waals surface area contributed by atoms with Crippen molar-refractivity contribution in [3.63, 3.8) is 0 Å². The summed E-state index contributed by atoms with van der Waals surface area (Å²) in [7, 11) is 4.93. The van der Waals surface area contributed by atoms with E-state index in [4.69, 9.17) is 21.1 Å². The van der Waals surface area contributed by atoms with Crippen LogP contribution in [0.15, 0.2) is 30.5 Å². The van der Waals surface area contributed by atoms with Gasteiger partial charge in [0.25, 0.3) is 5.91 Å². The molecular weight excluding hydrogens is 316 g/mol. The second-order valence-electron chi connectivity index (χ2n) is 5.16. The van der Waals surface area contributed by atoms with Crippen LogP contribution < -0.4 is 9.47 Å². The molecule has 0 atom stereocenters. The number of aromatic nitrogens is 1. The Morgan fingerprint density at radius 1 is 1.22 bits per heavy atom. The Balaban J connectivity index is 2.21. The second-order valence-corrected chi connectivity index (χ2v) is 5.55. The van der Waals surface area contributed by atoms with E-state index < -0.39 is 0 Å². The number of rotatable bonds is 5. The largest absolute Gasteiger partial charge is 0.493 e. The number of pyridine rings is 1. The molecule has 0 bridgehead atoms. The average molecular weight is 335 g/mol. The van der Waals surface area contributed by atoms with Crippen molar-refractivity contribution in [2.45, 2.75) is 13.5 Å². The van der Waals surface area contributed by atoms with E-state index in [-0.39, 0.29) is 5.91 Å². The number of hydrogen-bond donors (Lipinski definition) is 0. The summed E-state index contributed by atoms with van der Waals surface area (Å²) >= 11 is 5.75. The Hall–Kier alpha value is -2.27. The SMILES string of the molecule is COc1cc(C)c(CN(C)C(=O)c2ccc(Cl)nc2)cc1OC. The van der Waals surface area contributed by atoms with Gasteiger partial charge in [-0.2, -0.15) is 0 Å². The minimum Gasteiger partial charge on any atom is -0.493 e. The zero-order chi connectivity index (χ0) is 17.0. The number of nitrogens with zero attached hydrogens (tertiary/aromatic N) is 2. The molecule has 122 valence electrons.